The standard InChI is InChI=1S/C25H30N2O3/c1-3-18-6-11-22-20(15-25(28)30-24(22)14-18)16-26-17-23(27-12-4-5-13-27)19-7-9-21(29-2)10-8-19/h6-11,14-15,23,26H,3-5,12-13,16-17H2,1-2H3/p+2/t23-/m1/s1. The lowest BCUT2D eigenvalue weighted by Gasteiger charge is -2.24. The van der Waals surface area contributed by atoms with Crippen LogP contribution in [0, 0.1) is 0 Å². The van der Waals surface area contributed by atoms with Crippen LogP contribution in [0.5, 0.6) is 5.75 Å². The third-order valence-corrected chi connectivity index (χ3v) is 6.33. The number of fused-ring (bicyclic) bond motifs is 1. The summed E-state index contributed by atoms with van der Waals surface area (Å²) in [6.45, 7) is 6.31. The van der Waals surface area contributed by atoms with Crippen LogP contribution in [0.15, 0.2) is 57.7 Å². The molecule has 0 saturated carbocycles. The highest BCUT2D eigenvalue weighted by Gasteiger charge is 2.28. The molecule has 2 aromatic carbocycles. The molecule has 3 N–H and O–H groups in total. The number of aryl methyl sites for hydroxylation is 1. The lowest BCUT2D eigenvalue weighted by Crippen LogP contribution is -3.13. The Hall–Kier alpha value is -2.63. The van der Waals surface area contributed by atoms with E-state index in [4.69, 9.17) is 9.15 Å². The van der Waals surface area contributed by atoms with Crippen LogP contribution in [0.2, 0.25) is 0 Å². The van der Waals surface area contributed by atoms with E-state index >= 15 is 0 Å². The quantitative estimate of drug-likeness (QED) is 0.559. The molecule has 4 rings (SSSR count). The highest BCUT2D eigenvalue weighted by molar-refractivity contribution is 5.80. The van der Waals surface area contributed by atoms with E-state index < -0.39 is 0 Å². The zero-order valence-corrected chi connectivity index (χ0v) is 17.9. The van der Waals surface area contributed by atoms with Crippen LogP contribution >= 0.6 is 0 Å². The first-order valence-electron chi connectivity index (χ1n) is 11.0. The number of nitrogens with two attached hydrogens (primary N) is 1. The van der Waals surface area contributed by atoms with Gasteiger partial charge in [-0.25, -0.2) is 4.79 Å². The van der Waals surface area contributed by atoms with E-state index in [-0.39, 0.29) is 5.63 Å². The zero-order valence-electron chi connectivity index (χ0n) is 17.9. The first-order valence-corrected chi connectivity index (χ1v) is 11.0. The average molecular weight is 409 g/mol. The van der Waals surface area contributed by atoms with E-state index in [1.165, 1.54) is 37.1 Å². The topological polar surface area (TPSA) is 60.5 Å². The lowest BCUT2D eigenvalue weighted by atomic mass is 10.0. The van der Waals surface area contributed by atoms with Crippen LogP contribution in [0.3, 0.4) is 0 Å². The molecule has 0 unspecified atom stereocenters. The summed E-state index contributed by atoms with van der Waals surface area (Å²) in [5, 5.41) is 3.37. The molecule has 1 aliphatic rings. The number of quaternary nitrogens is 2. The minimum atomic E-state index is -0.268. The zero-order chi connectivity index (χ0) is 20.9. The van der Waals surface area contributed by atoms with Crippen LogP contribution in [0.4, 0.5) is 0 Å². The molecular weight excluding hydrogens is 376 g/mol. The Kier molecular flexibility index (Phi) is 6.50. The lowest BCUT2D eigenvalue weighted by molar-refractivity contribution is -0.935. The van der Waals surface area contributed by atoms with Gasteiger partial charge in [0.25, 0.3) is 0 Å². The fraction of sp³-hybridized carbons (Fsp3) is 0.400. The molecule has 5 heteroatoms. The van der Waals surface area contributed by atoms with Crippen LogP contribution in [-0.4, -0.2) is 26.7 Å². The molecule has 1 atom stereocenters. The molecule has 0 aliphatic carbocycles. The van der Waals surface area contributed by atoms with Gasteiger partial charge in [-0.3, -0.25) is 0 Å². The van der Waals surface area contributed by atoms with Crippen LogP contribution in [0.25, 0.3) is 11.0 Å². The fourth-order valence-corrected chi connectivity index (χ4v) is 4.62. The molecule has 2 heterocycles. The summed E-state index contributed by atoms with van der Waals surface area (Å²) < 4.78 is 10.8. The average Bonchev–Trinajstić information content (AvgIpc) is 3.30. The van der Waals surface area contributed by atoms with Gasteiger partial charge in [-0.05, 0) is 42.3 Å². The maximum absolute atomic E-state index is 12.1. The van der Waals surface area contributed by atoms with E-state index in [9.17, 15) is 4.79 Å². The summed E-state index contributed by atoms with van der Waals surface area (Å²) in [7, 11) is 1.70. The van der Waals surface area contributed by atoms with E-state index in [0.717, 1.165) is 36.2 Å². The van der Waals surface area contributed by atoms with Gasteiger partial charge < -0.3 is 19.4 Å². The van der Waals surface area contributed by atoms with E-state index in [2.05, 4.69) is 48.6 Å². The highest BCUT2D eigenvalue weighted by atomic mass is 16.5. The summed E-state index contributed by atoms with van der Waals surface area (Å²) in [4.78, 5) is 13.7. The Bertz CT molecular complexity index is 1040. The Morgan fingerprint density at radius 2 is 1.87 bits per heavy atom. The third-order valence-electron chi connectivity index (χ3n) is 6.33. The van der Waals surface area contributed by atoms with Crippen molar-refractivity contribution in [2.45, 2.75) is 38.8 Å². The van der Waals surface area contributed by atoms with E-state index in [1.54, 1.807) is 18.1 Å². The second kappa shape index (κ2) is 9.45. The number of ether oxygens (including phenoxy) is 1. The largest absolute Gasteiger partial charge is 0.497 e. The molecule has 0 spiro atoms. The van der Waals surface area contributed by atoms with Gasteiger partial charge in [0.05, 0.1) is 20.2 Å². The van der Waals surface area contributed by atoms with E-state index in [1.807, 2.05) is 6.07 Å². The van der Waals surface area contributed by atoms with Gasteiger partial charge in [-0.15, -0.1) is 0 Å². The molecule has 0 radical (unpaired) electrons. The van der Waals surface area contributed by atoms with Crippen molar-refractivity contribution in [3.8, 4) is 5.75 Å². The second-order valence-electron chi connectivity index (χ2n) is 8.19. The van der Waals surface area contributed by atoms with Gasteiger partial charge >= 0.3 is 5.63 Å². The molecule has 0 amide bonds. The molecule has 158 valence electrons. The van der Waals surface area contributed by atoms with Crippen molar-refractivity contribution in [3.63, 3.8) is 0 Å². The Labute approximate surface area is 177 Å². The van der Waals surface area contributed by atoms with Crippen molar-refractivity contribution in [2.24, 2.45) is 0 Å². The van der Waals surface area contributed by atoms with Crippen molar-refractivity contribution >= 4 is 11.0 Å². The monoisotopic (exact) mass is 408 g/mol. The first kappa shape index (κ1) is 20.6. The number of hydrogen-bond donors (Lipinski definition) is 2. The SMILES string of the molecule is CCc1ccc2c(C[NH2+]C[C@H](c3ccc(OC)cc3)[NH+]3CCCC3)cc(=O)oc2c1. The number of likely N-dealkylation sites (tertiary alicyclic amines) is 1. The molecule has 1 aromatic heterocycles. The molecule has 1 saturated heterocycles. The van der Waals surface area contributed by atoms with Gasteiger partial charge in [0, 0.05) is 35.4 Å². The Morgan fingerprint density at radius 3 is 2.57 bits per heavy atom. The number of benzene rings is 2. The fourth-order valence-electron chi connectivity index (χ4n) is 4.62. The first-order chi connectivity index (χ1) is 14.7. The number of methoxy groups -OCH3 is 1. The van der Waals surface area contributed by atoms with Gasteiger partial charge in [-0.2, -0.15) is 0 Å². The summed E-state index contributed by atoms with van der Waals surface area (Å²) in [5.41, 5.74) is 4.02. The molecule has 5 nitrogen and oxygen atoms in total. The maximum atomic E-state index is 12.1. The number of nitrogens with one attached hydrogen (secondary N) is 1. The van der Waals surface area contributed by atoms with E-state index in [0.29, 0.717) is 11.6 Å². The van der Waals surface area contributed by atoms with Gasteiger partial charge in [-0.1, -0.05) is 19.1 Å². The molecular formula is C25H32N2O3+2. The highest BCUT2D eigenvalue weighted by Crippen LogP contribution is 2.19. The van der Waals surface area contributed by atoms with Gasteiger partial charge in [0.1, 0.15) is 24.4 Å². The second-order valence-corrected chi connectivity index (χ2v) is 8.19. The summed E-state index contributed by atoms with van der Waals surface area (Å²) in [5.74, 6) is 0.895. The summed E-state index contributed by atoms with van der Waals surface area (Å²) in [6.07, 6.45) is 3.52. The van der Waals surface area contributed by atoms with Crippen molar-refractivity contribution in [2.75, 3.05) is 26.7 Å². The van der Waals surface area contributed by atoms with Crippen molar-refractivity contribution < 1.29 is 19.4 Å². The smallest absolute Gasteiger partial charge is 0.336 e. The van der Waals surface area contributed by atoms with Gasteiger partial charge in [0.15, 0.2) is 6.04 Å². The predicted molar refractivity (Wildman–Crippen MR) is 118 cm³/mol. The van der Waals surface area contributed by atoms with Crippen LogP contribution in [0.1, 0.15) is 42.5 Å². The molecule has 1 fully saturated rings. The third kappa shape index (κ3) is 4.58. The van der Waals surface area contributed by atoms with Gasteiger partial charge in [0.2, 0.25) is 0 Å². The minimum absolute atomic E-state index is 0.268. The van der Waals surface area contributed by atoms with Crippen molar-refractivity contribution in [1.29, 1.82) is 0 Å². The maximum Gasteiger partial charge on any atom is 0.336 e. The molecule has 1 aliphatic heterocycles. The number of rotatable bonds is 8. The summed E-state index contributed by atoms with van der Waals surface area (Å²) >= 11 is 0. The predicted octanol–water partition coefficient (Wildman–Crippen LogP) is 1.85. The number of hydrogen-bond acceptors (Lipinski definition) is 3. The molecule has 3 aromatic rings. The Balaban J connectivity index is 1.52. The van der Waals surface area contributed by atoms with Crippen molar-refractivity contribution in [3.05, 3.63) is 75.6 Å². The van der Waals surface area contributed by atoms with Crippen LogP contribution in [-0.2, 0) is 13.0 Å². The Morgan fingerprint density at radius 1 is 1.10 bits per heavy atom. The van der Waals surface area contributed by atoms with Crippen LogP contribution < -0.4 is 20.6 Å². The normalized spacial score (nSPS) is 15.5. The van der Waals surface area contributed by atoms with Crippen molar-refractivity contribution in [1.82, 2.24) is 0 Å². The minimum Gasteiger partial charge on any atom is -0.497 e. The molecule has 0 bridgehead atoms. The molecule has 30 heavy (non-hydrogen) atoms. The summed E-state index contributed by atoms with van der Waals surface area (Å²) in [6, 6.07) is 16.8.